The lowest BCUT2D eigenvalue weighted by Gasteiger charge is -2.39. The Kier molecular flexibility index (Phi) is 6.49. The highest BCUT2D eigenvalue weighted by Gasteiger charge is 2.43. The number of nitrogens with zero attached hydrogens (tertiary/aromatic N) is 1. The molecule has 7 nitrogen and oxygen atoms in total. The zero-order valence-electron chi connectivity index (χ0n) is 17.2. The maximum atomic E-state index is 13.2. The molecule has 0 spiro atoms. The summed E-state index contributed by atoms with van der Waals surface area (Å²) in [6, 6.07) is 3.66. The minimum Gasteiger partial charge on any atom is -0.463 e. The van der Waals surface area contributed by atoms with Crippen molar-refractivity contribution in [2.45, 2.75) is 39.5 Å². The Hall–Kier alpha value is -2.51. The van der Waals surface area contributed by atoms with Crippen molar-refractivity contribution in [1.82, 2.24) is 10.3 Å². The van der Waals surface area contributed by atoms with Gasteiger partial charge in [0.1, 0.15) is 0 Å². The standard InChI is InChI=1S/C22H28N2O5/c1-4-29-21(27)20-16(13-28-9-8-25)24-15-10-22(2,3)11-17(26)19(15)18(20)14-6-5-7-23-12-14/h5-7,12,18,24-25H,4,8-11,13H2,1-3H3. The number of pyridine rings is 1. The maximum absolute atomic E-state index is 13.2. The second kappa shape index (κ2) is 8.88. The van der Waals surface area contributed by atoms with Crippen molar-refractivity contribution >= 4 is 11.8 Å². The molecule has 0 aromatic carbocycles. The van der Waals surface area contributed by atoms with Gasteiger partial charge in [0, 0.05) is 36.0 Å². The zero-order chi connectivity index (χ0) is 21.0. The summed E-state index contributed by atoms with van der Waals surface area (Å²) in [5, 5.41) is 12.4. The minimum absolute atomic E-state index is 0.0229. The fraction of sp³-hybridized carbons (Fsp3) is 0.500. The number of dihydropyridines is 1. The molecule has 1 aliphatic carbocycles. The van der Waals surface area contributed by atoms with Crippen LogP contribution in [-0.2, 0) is 19.1 Å². The summed E-state index contributed by atoms with van der Waals surface area (Å²) in [5.74, 6) is -1.02. The Morgan fingerprint density at radius 2 is 2.17 bits per heavy atom. The summed E-state index contributed by atoms with van der Waals surface area (Å²) in [6.07, 6.45) is 4.44. The minimum atomic E-state index is -0.560. The third-order valence-corrected chi connectivity index (χ3v) is 5.12. The second-order valence-electron chi connectivity index (χ2n) is 8.07. The number of aliphatic hydroxyl groups is 1. The molecular formula is C22H28N2O5. The number of carbonyl (C=O) groups is 2. The van der Waals surface area contributed by atoms with E-state index < -0.39 is 11.9 Å². The first-order chi connectivity index (χ1) is 13.9. The van der Waals surface area contributed by atoms with Crippen LogP contribution in [0.15, 0.2) is 47.1 Å². The summed E-state index contributed by atoms with van der Waals surface area (Å²) in [4.78, 5) is 30.3. The molecule has 29 heavy (non-hydrogen) atoms. The van der Waals surface area contributed by atoms with Crippen LogP contribution >= 0.6 is 0 Å². The first-order valence-corrected chi connectivity index (χ1v) is 9.90. The molecule has 1 atom stereocenters. The topological polar surface area (TPSA) is 97.8 Å². The fourth-order valence-electron chi connectivity index (χ4n) is 4.03. The SMILES string of the molecule is CCOC(=O)C1=C(COCCO)NC2=C(C(=O)CC(C)(C)C2)C1c1cccnc1. The van der Waals surface area contributed by atoms with Crippen LogP contribution in [0, 0.1) is 5.41 Å². The molecule has 7 heteroatoms. The predicted molar refractivity (Wildman–Crippen MR) is 107 cm³/mol. The van der Waals surface area contributed by atoms with E-state index in [4.69, 9.17) is 14.6 Å². The van der Waals surface area contributed by atoms with Gasteiger partial charge >= 0.3 is 5.97 Å². The normalized spacial score (nSPS) is 21.0. The van der Waals surface area contributed by atoms with Crippen LogP contribution in [0.3, 0.4) is 0 Å². The van der Waals surface area contributed by atoms with Gasteiger partial charge in [-0.05, 0) is 30.4 Å². The van der Waals surface area contributed by atoms with Gasteiger partial charge in [0.05, 0.1) is 37.7 Å². The average molecular weight is 400 g/mol. The molecule has 0 radical (unpaired) electrons. The Labute approximate surface area is 170 Å². The van der Waals surface area contributed by atoms with Gasteiger partial charge in [0.25, 0.3) is 0 Å². The van der Waals surface area contributed by atoms with E-state index in [0.29, 0.717) is 29.7 Å². The van der Waals surface area contributed by atoms with Gasteiger partial charge in [-0.15, -0.1) is 0 Å². The summed E-state index contributed by atoms with van der Waals surface area (Å²) >= 11 is 0. The van der Waals surface area contributed by atoms with Crippen LogP contribution in [0.25, 0.3) is 0 Å². The number of ether oxygens (including phenoxy) is 2. The van der Waals surface area contributed by atoms with E-state index in [2.05, 4.69) is 24.1 Å². The van der Waals surface area contributed by atoms with Gasteiger partial charge in [-0.3, -0.25) is 9.78 Å². The van der Waals surface area contributed by atoms with Crippen molar-refractivity contribution in [3.05, 3.63) is 52.6 Å². The maximum Gasteiger partial charge on any atom is 0.336 e. The molecule has 0 saturated heterocycles. The molecule has 0 saturated carbocycles. The summed E-state index contributed by atoms with van der Waals surface area (Å²) in [7, 11) is 0. The molecule has 1 aromatic rings. The van der Waals surface area contributed by atoms with Crippen LogP contribution in [0.5, 0.6) is 0 Å². The molecule has 1 aliphatic heterocycles. The van der Waals surface area contributed by atoms with Gasteiger partial charge in [-0.25, -0.2) is 4.79 Å². The lowest BCUT2D eigenvalue weighted by Crippen LogP contribution is -2.40. The molecule has 2 N–H and O–H groups in total. The third kappa shape index (κ3) is 4.57. The van der Waals surface area contributed by atoms with Crippen molar-refractivity contribution in [2.24, 2.45) is 5.41 Å². The number of rotatable bonds is 7. The van der Waals surface area contributed by atoms with Gasteiger partial charge in [-0.1, -0.05) is 19.9 Å². The van der Waals surface area contributed by atoms with E-state index in [0.717, 1.165) is 11.3 Å². The smallest absolute Gasteiger partial charge is 0.336 e. The number of Topliss-reactive ketones (excluding diaryl/α,β-unsaturated/α-hetero) is 1. The van der Waals surface area contributed by atoms with Gasteiger partial charge in [0.15, 0.2) is 5.78 Å². The number of hydrogen-bond donors (Lipinski definition) is 2. The highest BCUT2D eigenvalue weighted by Crippen LogP contribution is 2.46. The number of aliphatic hydroxyl groups excluding tert-OH is 1. The van der Waals surface area contributed by atoms with E-state index >= 15 is 0 Å². The Bertz CT molecular complexity index is 842. The summed E-state index contributed by atoms with van der Waals surface area (Å²) < 4.78 is 10.9. The molecular weight excluding hydrogens is 372 g/mol. The number of allylic oxidation sites excluding steroid dienone is 2. The molecule has 0 fully saturated rings. The number of carbonyl (C=O) groups excluding carboxylic acids is 2. The van der Waals surface area contributed by atoms with Crippen molar-refractivity contribution in [3.63, 3.8) is 0 Å². The molecule has 3 rings (SSSR count). The Morgan fingerprint density at radius 1 is 1.38 bits per heavy atom. The molecule has 2 aliphatic rings. The van der Waals surface area contributed by atoms with Crippen LogP contribution in [0.1, 0.15) is 45.1 Å². The Morgan fingerprint density at radius 3 is 2.83 bits per heavy atom. The van der Waals surface area contributed by atoms with E-state index in [9.17, 15) is 9.59 Å². The third-order valence-electron chi connectivity index (χ3n) is 5.12. The average Bonchev–Trinajstić information content (AvgIpc) is 2.67. The van der Waals surface area contributed by atoms with Crippen molar-refractivity contribution in [3.8, 4) is 0 Å². The molecule has 1 aromatic heterocycles. The highest BCUT2D eigenvalue weighted by molar-refractivity contribution is 6.04. The van der Waals surface area contributed by atoms with Gasteiger partial charge in [0.2, 0.25) is 0 Å². The van der Waals surface area contributed by atoms with Gasteiger partial charge in [-0.2, -0.15) is 0 Å². The molecule has 2 heterocycles. The van der Waals surface area contributed by atoms with Crippen molar-refractivity contribution < 1.29 is 24.2 Å². The largest absolute Gasteiger partial charge is 0.463 e. The second-order valence-corrected chi connectivity index (χ2v) is 8.07. The first kappa shape index (κ1) is 21.2. The quantitative estimate of drug-likeness (QED) is 0.535. The molecule has 0 bridgehead atoms. The van der Waals surface area contributed by atoms with Crippen LogP contribution in [-0.4, -0.2) is 48.3 Å². The molecule has 0 amide bonds. The highest BCUT2D eigenvalue weighted by atomic mass is 16.5. The molecule has 1 unspecified atom stereocenters. The number of esters is 1. The summed E-state index contributed by atoms with van der Waals surface area (Å²) in [5.41, 5.74) is 2.93. The van der Waals surface area contributed by atoms with E-state index in [1.807, 2.05) is 6.07 Å². The van der Waals surface area contributed by atoms with Crippen molar-refractivity contribution in [1.29, 1.82) is 0 Å². The van der Waals surface area contributed by atoms with E-state index in [1.54, 1.807) is 25.4 Å². The molecule has 156 valence electrons. The van der Waals surface area contributed by atoms with Crippen LogP contribution < -0.4 is 5.32 Å². The number of hydrogen-bond acceptors (Lipinski definition) is 7. The first-order valence-electron chi connectivity index (χ1n) is 9.90. The van der Waals surface area contributed by atoms with Gasteiger partial charge < -0.3 is 19.9 Å². The lowest BCUT2D eigenvalue weighted by atomic mass is 9.69. The zero-order valence-corrected chi connectivity index (χ0v) is 17.2. The van der Waals surface area contributed by atoms with E-state index in [-0.39, 0.29) is 37.6 Å². The number of nitrogens with one attached hydrogen (secondary N) is 1. The summed E-state index contributed by atoms with van der Waals surface area (Å²) in [6.45, 7) is 6.22. The van der Waals surface area contributed by atoms with Crippen molar-refractivity contribution in [2.75, 3.05) is 26.4 Å². The Balaban J connectivity index is 2.14. The monoisotopic (exact) mass is 400 g/mol. The van der Waals surface area contributed by atoms with E-state index in [1.165, 1.54) is 0 Å². The van der Waals surface area contributed by atoms with Crippen LogP contribution in [0.4, 0.5) is 0 Å². The number of ketones is 1. The number of aromatic nitrogens is 1. The fourth-order valence-corrected chi connectivity index (χ4v) is 4.03. The predicted octanol–water partition coefficient (Wildman–Crippen LogP) is 2.24. The van der Waals surface area contributed by atoms with Crippen LogP contribution in [0.2, 0.25) is 0 Å². The lowest BCUT2D eigenvalue weighted by molar-refractivity contribution is -0.139.